The lowest BCUT2D eigenvalue weighted by atomic mass is 9.96. The molecule has 1 N–H and O–H groups in total. The maximum absolute atomic E-state index is 12.4. The Morgan fingerprint density at radius 2 is 2.13 bits per heavy atom. The molecule has 1 aliphatic rings. The minimum Gasteiger partial charge on any atom is -0.463 e. The highest BCUT2D eigenvalue weighted by atomic mass is 35.5. The fraction of sp³-hybridized carbons (Fsp3) is 0.375. The Hall–Kier alpha value is -1.17. The first-order chi connectivity index (χ1) is 11.0. The van der Waals surface area contributed by atoms with Crippen LogP contribution in [0.3, 0.4) is 0 Å². The summed E-state index contributed by atoms with van der Waals surface area (Å²) in [5.74, 6) is 0.465. The first-order valence-electron chi connectivity index (χ1n) is 7.29. The Bertz CT molecular complexity index is 674. The molecule has 0 saturated heterocycles. The van der Waals surface area contributed by atoms with Gasteiger partial charge in [-0.3, -0.25) is 0 Å². The second-order valence-corrected chi connectivity index (χ2v) is 6.83. The molecule has 1 aromatic rings. The van der Waals surface area contributed by atoms with Crippen LogP contribution in [-0.4, -0.2) is 23.5 Å². The number of amidine groups is 1. The molecule has 0 radical (unpaired) electrons. The Labute approximate surface area is 150 Å². The van der Waals surface area contributed by atoms with E-state index in [-0.39, 0.29) is 0 Å². The van der Waals surface area contributed by atoms with Crippen molar-refractivity contribution >= 4 is 46.1 Å². The molecule has 23 heavy (non-hydrogen) atoms. The molecule has 0 unspecified atom stereocenters. The first-order valence-corrected chi connectivity index (χ1v) is 9.03. The van der Waals surface area contributed by atoms with Gasteiger partial charge in [0.15, 0.2) is 5.17 Å². The number of nitrogens with zero attached hydrogens (tertiary/aromatic N) is 1. The minimum absolute atomic E-state index is 0.298. The van der Waals surface area contributed by atoms with Crippen LogP contribution in [0.25, 0.3) is 0 Å². The molecule has 0 saturated carbocycles. The lowest BCUT2D eigenvalue weighted by Crippen LogP contribution is -2.30. The van der Waals surface area contributed by atoms with Crippen LogP contribution in [0.5, 0.6) is 0 Å². The number of allylic oxidation sites excluding steroid dienone is 1. The zero-order valence-corrected chi connectivity index (χ0v) is 15.5. The number of rotatable bonds is 4. The van der Waals surface area contributed by atoms with Crippen LogP contribution in [0.1, 0.15) is 32.4 Å². The van der Waals surface area contributed by atoms with Crippen LogP contribution >= 0.6 is 35.0 Å². The van der Waals surface area contributed by atoms with Crippen molar-refractivity contribution < 1.29 is 9.53 Å². The van der Waals surface area contributed by atoms with Gasteiger partial charge in [0, 0.05) is 11.3 Å². The van der Waals surface area contributed by atoms with E-state index in [1.165, 1.54) is 0 Å². The smallest absolute Gasteiger partial charge is 0.338 e. The minimum atomic E-state index is -0.532. The number of aliphatic imine (C=N–C) groups is 1. The lowest BCUT2D eigenvalue weighted by Gasteiger charge is -2.26. The van der Waals surface area contributed by atoms with Crippen molar-refractivity contribution in [2.45, 2.75) is 26.8 Å². The molecule has 0 bridgehead atoms. The van der Waals surface area contributed by atoms with Crippen molar-refractivity contribution in [3.05, 3.63) is 45.1 Å². The SMILES string of the molecule is CCOC(=O)C1=C(C)NC(SCC)=N[C@H]1c1cccc(Cl)c1Cl. The number of carbonyl (C=O) groups excluding carboxylic acids is 1. The van der Waals surface area contributed by atoms with Gasteiger partial charge in [-0.05, 0) is 25.7 Å². The number of esters is 1. The molecule has 7 heteroatoms. The van der Waals surface area contributed by atoms with Gasteiger partial charge < -0.3 is 10.1 Å². The number of carbonyl (C=O) groups is 1. The number of halogens is 2. The van der Waals surface area contributed by atoms with Gasteiger partial charge in [-0.15, -0.1) is 0 Å². The first kappa shape index (κ1) is 18.2. The molecular weight excluding hydrogens is 355 g/mol. The second kappa shape index (κ2) is 8.08. The average molecular weight is 373 g/mol. The van der Waals surface area contributed by atoms with E-state index in [1.807, 2.05) is 19.9 Å². The highest BCUT2D eigenvalue weighted by Gasteiger charge is 2.31. The van der Waals surface area contributed by atoms with Gasteiger partial charge in [0.1, 0.15) is 6.04 Å². The third kappa shape index (κ3) is 4.03. The van der Waals surface area contributed by atoms with Crippen molar-refractivity contribution in [2.75, 3.05) is 12.4 Å². The summed E-state index contributed by atoms with van der Waals surface area (Å²) in [5.41, 5.74) is 1.86. The summed E-state index contributed by atoms with van der Waals surface area (Å²) in [6, 6.07) is 4.80. The fourth-order valence-corrected chi connectivity index (χ4v) is 3.38. The number of hydrogen-bond donors (Lipinski definition) is 1. The Balaban J connectivity index is 2.53. The summed E-state index contributed by atoms with van der Waals surface area (Å²) >= 11 is 14.0. The van der Waals surface area contributed by atoms with Gasteiger partial charge >= 0.3 is 5.97 Å². The molecule has 0 aliphatic carbocycles. The van der Waals surface area contributed by atoms with Crippen LogP contribution in [0.4, 0.5) is 0 Å². The van der Waals surface area contributed by atoms with E-state index in [0.717, 1.165) is 16.6 Å². The third-order valence-corrected chi connectivity index (χ3v) is 4.87. The summed E-state index contributed by atoms with van der Waals surface area (Å²) in [6.07, 6.45) is 0. The van der Waals surface area contributed by atoms with E-state index in [0.29, 0.717) is 27.8 Å². The number of hydrogen-bond acceptors (Lipinski definition) is 5. The summed E-state index contributed by atoms with van der Waals surface area (Å²) in [4.78, 5) is 17.0. The van der Waals surface area contributed by atoms with Crippen molar-refractivity contribution in [3.63, 3.8) is 0 Å². The van der Waals surface area contributed by atoms with E-state index in [2.05, 4.69) is 10.3 Å². The highest BCUT2D eigenvalue weighted by molar-refractivity contribution is 8.13. The van der Waals surface area contributed by atoms with Crippen molar-refractivity contribution in [3.8, 4) is 0 Å². The van der Waals surface area contributed by atoms with Gasteiger partial charge in [-0.1, -0.05) is 54.0 Å². The molecule has 0 fully saturated rings. The van der Waals surface area contributed by atoms with Crippen molar-refractivity contribution in [2.24, 2.45) is 4.99 Å². The molecule has 0 spiro atoms. The fourth-order valence-electron chi connectivity index (χ4n) is 2.29. The predicted octanol–water partition coefficient (Wildman–Crippen LogP) is 4.58. The predicted molar refractivity (Wildman–Crippen MR) is 97.2 cm³/mol. The zero-order chi connectivity index (χ0) is 17.0. The van der Waals surface area contributed by atoms with Gasteiger partial charge in [-0.2, -0.15) is 0 Å². The zero-order valence-electron chi connectivity index (χ0n) is 13.2. The number of nitrogens with one attached hydrogen (secondary N) is 1. The molecular formula is C16H18Cl2N2O2S. The molecule has 4 nitrogen and oxygen atoms in total. The Kier molecular flexibility index (Phi) is 6.39. The highest BCUT2D eigenvalue weighted by Crippen LogP contribution is 2.38. The van der Waals surface area contributed by atoms with Gasteiger partial charge in [-0.25, -0.2) is 9.79 Å². The van der Waals surface area contributed by atoms with E-state index in [4.69, 9.17) is 27.9 Å². The normalized spacial score (nSPS) is 17.6. The Morgan fingerprint density at radius 1 is 1.39 bits per heavy atom. The van der Waals surface area contributed by atoms with Crippen molar-refractivity contribution in [1.29, 1.82) is 0 Å². The van der Waals surface area contributed by atoms with Crippen LogP contribution in [-0.2, 0) is 9.53 Å². The molecule has 2 rings (SSSR count). The molecule has 0 aromatic heterocycles. The average Bonchev–Trinajstić information content (AvgIpc) is 2.50. The summed E-state index contributed by atoms with van der Waals surface area (Å²) in [7, 11) is 0. The van der Waals surface area contributed by atoms with Crippen LogP contribution in [0.15, 0.2) is 34.5 Å². The van der Waals surface area contributed by atoms with Crippen LogP contribution in [0.2, 0.25) is 10.0 Å². The number of ether oxygens (including phenoxy) is 1. The molecule has 1 aliphatic heterocycles. The topological polar surface area (TPSA) is 50.7 Å². The third-order valence-electron chi connectivity index (χ3n) is 3.27. The second-order valence-electron chi connectivity index (χ2n) is 4.80. The van der Waals surface area contributed by atoms with Gasteiger partial charge in [0.2, 0.25) is 0 Å². The number of benzene rings is 1. The largest absolute Gasteiger partial charge is 0.463 e. The van der Waals surface area contributed by atoms with Gasteiger partial charge in [0.25, 0.3) is 0 Å². The van der Waals surface area contributed by atoms with Crippen molar-refractivity contribution in [1.82, 2.24) is 5.32 Å². The van der Waals surface area contributed by atoms with E-state index in [9.17, 15) is 4.79 Å². The summed E-state index contributed by atoms with van der Waals surface area (Å²) in [6.45, 7) is 5.94. The maximum atomic E-state index is 12.4. The van der Waals surface area contributed by atoms with E-state index in [1.54, 1.807) is 30.8 Å². The quantitative estimate of drug-likeness (QED) is 0.785. The molecule has 1 heterocycles. The Morgan fingerprint density at radius 3 is 2.78 bits per heavy atom. The van der Waals surface area contributed by atoms with Crippen LogP contribution < -0.4 is 5.32 Å². The summed E-state index contributed by atoms with van der Waals surface area (Å²) in [5, 5.41) is 4.74. The van der Waals surface area contributed by atoms with Gasteiger partial charge in [0.05, 0.1) is 22.2 Å². The molecule has 1 aromatic carbocycles. The van der Waals surface area contributed by atoms with E-state index < -0.39 is 12.0 Å². The monoisotopic (exact) mass is 372 g/mol. The standard InChI is InChI=1S/C16H18Cl2N2O2S/c1-4-22-15(21)12-9(3)19-16(23-5-2)20-14(12)10-7-6-8-11(17)13(10)18/h6-8,14H,4-5H2,1-3H3,(H,19,20)/t14-/m0/s1. The number of thioether (sulfide) groups is 1. The molecule has 1 atom stereocenters. The molecule has 124 valence electrons. The lowest BCUT2D eigenvalue weighted by molar-refractivity contribution is -0.138. The van der Waals surface area contributed by atoms with Crippen LogP contribution in [0, 0.1) is 0 Å². The summed E-state index contributed by atoms with van der Waals surface area (Å²) < 4.78 is 5.18. The molecule has 0 amide bonds. The maximum Gasteiger partial charge on any atom is 0.338 e. The van der Waals surface area contributed by atoms with E-state index >= 15 is 0 Å².